The first-order valence-electron chi connectivity index (χ1n) is 20.3. The molecule has 0 fully saturated rings. The van der Waals surface area contributed by atoms with Gasteiger partial charge >= 0.3 is 0 Å². The number of nitrogens with zero attached hydrogens (tertiary/aromatic N) is 3. The van der Waals surface area contributed by atoms with Crippen molar-refractivity contribution < 1.29 is 4.42 Å². The van der Waals surface area contributed by atoms with Gasteiger partial charge in [0.05, 0.1) is 33.8 Å². The maximum Gasteiger partial charge on any atom is 0.135 e. The molecule has 0 saturated heterocycles. The molecule has 1 N–H and O–H groups in total. The van der Waals surface area contributed by atoms with Crippen LogP contribution in [0.3, 0.4) is 0 Å². The number of aromatic nitrogens is 4. The summed E-state index contributed by atoms with van der Waals surface area (Å²) in [6.07, 6.45) is 5.62. The van der Waals surface area contributed by atoms with Crippen molar-refractivity contribution in [2.75, 3.05) is 0 Å². The lowest BCUT2D eigenvalue weighted by Crippen LogP contribution is -2.13. The van der Waals surface area contributed by atoms with Gasteiger partial charge < -0.3 is 23.1 Å². The molecule has 5 nitrogen and oxygen atoms in total. The molecule has 13 aromatic rings. The van der Waals surface area contributed by atoms with E-state index < -0.39 is 0 Å². The molecule has 8 aromatic carbocycles. The van der Waals surface area contributed by atoms with Crippen molar-refractivity contribution in [2.45, 2.75) is 12.5 Å². The predicted molar refractivity (Wildman–Crippen MR) is 243 cm³/mol. The highest BCUT2D eigenvalue weighted by atomic mass is 16.3. The van der Waals surface area contributed by atoms with Crippen molar-refractivity contribution in [1.29, 1.82) is 0 Å². The molecule has 0 radical (unpaired) electrons. The fraction of sp³-hybridized carbons (Fsp3) is 0.0370. The largest absolute Gasteiger partial charge is 0.456 e. The molecule has 59 heavy (non-hydrogen) atoms. The van der Waals surface area contributed by atoms with E-state index in [9.17, 15) is 0 Å². The second kappa shape index (κ2) is 11.3. The van der Waals surface area contributed by atoms with Gasteiger partial charge in [0, 0.05) is 76.4 Å². The predicted octanol–water partition coefficient (Wildman–Crippen LogP) is 13.8. The second-order valence-corrected chi connectivity index (χ2v) is 16.0. The summed E-state index contributed by atoms with van der Waals surface area (Å²) in [4.78, 5) is 3.76. The lowest BCUT2D eigenvalue weighted by atomic mass is 9.94. The zero-order chi connectivity index (χ0) is 38.3. The van der Waals surface area contributed by atoms with E-state index in [4.69, 9.17) is 4.42 Å². The number of nitrogens with one attached hydrogen (secondary N) is 1. The Balaban J connectivity index is 1.07. The van der Waals surface area contributed by atoms with Crippen molar-refractivity contribution in [3.8, 4) is 11.4 Å². The van der Waals surface area contributed by atoms with E-state index in [1.807, 2.05) is 6.07 Å². The quantitative estimate of drug-likeness (QED) is 0.192. The van der Waals surface area contributed by atoms with Gasteiger partial charge in [-0.3, -0.25) is 0 Å². The van der Waals surface area contributed by atoms with Crippen LogP contribution in [0.1, 0.15) is 17.3 Å². The van der Waals surface area contributed by atoms with Crippen molar-refractivity contribution in [2.24, 2.45) is 0 Å². The molecule has 0 aliphatic heterocycles. The Labute approximate surface area is 337 Å². The van der Waals surface area contributed by atoms with Crippen LogP contribution < -0.4 is 0 Å². The van der Waals surface area contributed by atoms with Crippen molar-refractivity contribution >= 4 is 104 Å². The summed E-state index contributed by atoms with van der Waals surface area (Å²) >= 11 is 0. The summed E-state index contributed by atoms with van der Waals surface area (Å²) in [5.41, 5.74) is 14.5. The average Bonchev–Trinajstić information content (AvgIpc) is 4.09. The van der Waals surface area contributed by atoms with Crippen LogP contribution in [0.5, 0.6) is 0 Å². The number of allylic oxidation sites excluding steroid dienone is 1. The zero-order valence-corrected chi connectivity index (χ0v) is 31.7. The minimum atomic E-state index is 0.111. The first kappa shape index (κ1) is 31.2. The molecule has 14 rings (SSSR count). The molecule has 1 aliphatic rings. The zero-order valence-electron chi connectivity index (χ0n) is 31.7. The summed E-state index contributed by atoms with van der Waals surface area (Å²) in [6.45, 7) is 0. The molecule has 0 saturated carbocycles. The molecule has 1 unspecified atom stereocenters. The molecule has 1 aliphatic carbocycles. The standard InChI is InChI=1S/C54H32N4O/c1-6-16-45-35(11-1)36-12-2-7-17-46(36)56(45)32-21-24-43-41(30-32)53-44(55-43)25-27-50-54(53)42-31-33(57-47-18-8-3-13-37(47)38-14-4-9-19-48(38)57)22-26-49(42)58(50)34-23-28-52-40(29-34)39-15-5-10-20-51(39)59-52/h1-20,22-23,25-30,33,55H,31H2. The van der Waals surface area contributed by atoms with E-state index in [2.05, 4.69) is 195 Å². The monoisotopic (exact) mass is 752 g/mol. The number of benzene rings is 7. The molecule has 5 heteroatoms. The topological polar surface area (TPSA) is 43.7 Å². The lowest BCUT2D eigenvalue weighted by molar-refractivity contribution is 0.636. The Morgan fingerprint density at radius 2 is 1.14 bits per heavy atom. The molecule has 0 spiro atoms. The van der Waals surface area contributed by atoms with Gasteiger partial charge in [-0.2, -0.15) is 0 Å². The average molecular weight is 753 g/mol. The van der Waals surface area contributed by atoms with Crippen LogP contribution in [0.4, 0.5) is 0 Å². The van der Waals surface area contributed by atoms with E-state index in [1.165, 1.54) is 60.1 Å². The second-order valence-electron chi connectivity index (χ2n) is 16.0. The third-order valence-corrected chi connectivity index (χ3v) is 12.9. The number of H-pyrrole nitrogens is 1. The SMILES string of the molecule is c1c(-n2c3ccccc3c3ccccc32)cc2c(c#1)[nH]c1ccc3c(c4c(n3-c3ccc5oc6ccccc6c5c3)C=CC(n3c5ccccc5c5ccccc53)C4)c12. The normalized spacial score (nSPS) is 14.3. The van der Waals surface area contributed by atoms with E-state index in [1.54, 1.807) is 0 Å². The molecule has 0 bridgehead atoms. The number of fused-ring (bicyclic) bond motifs is 16. The number of para-hydroxylation sites is 5. The molecule has 1 atom stereocenters. The Kier molecular flexibility index (Phi) is 6.00. The van der Waals surface area contributed by atoms with E-state index >= 15 is 0 Å². The van der Waals surface area contributed by atoms with Gasteiger partial charge in [-0.05, 0) is 96.9 Å². The molecular formula is C54H32N4O. The van der Waals surface area contributed by atoms with Gasteiger partial charge in [-0.25, -0.2) is 0 Å². The number of rotatable bonds is 3. The first-order chi connectivity index (χ1) is 29.3. The van der Waals surface area contributed by atoms with E-state index in [0.29, 0.717) is 0 Å². The highest BCUT2D eigenvalue weighted by molar-refractivity contribution is 6.22. The third kappa shape index (κ3) is 4.14. The van der Waals surface area contributed by atoms with Gasteiger partial charge in [-0.15, -0.1) is 0 Å². The van der Waals surface area contributed by atoms with Crippen LogP contribution in [-0.2, 0) is 6.42 Å². The smallest absolute Gasteiger partial charge is 0.135 e. The maximum atomic E-state index is 6.30. The molecule has 274 valence electrons. The Morgan fingerprint density at radius 1 is 0.508 bits per heavy atom. The summed E-state index contributed by atoms with van der Waals surface area (Å²) in [7, 11) is 0. The van der Waals surface area contributed by atoms with Gasteiger partial charge in [0.15, 0.2) is 0 Å². The molecule has 0 amide bonds. The van der Waals surface area contributed by atoms with Crippen LogP contribution >= 0.6 is 0 Å². The van der Waals surface area contributed by atoms with Gasteiger partial charge in [-0.1, -0.05) is 97.1 Å². The van der Waals surface area contributed by atoms with Crippen molar-refractivity contribution in [3.05, 3.63) is 187 Å². The molecule has 5 heterocycles. The summed E-state index contributed by atoms with van der Waals surface area (Å²) < 4.78 is 13.7. The Bertz CT molecular complexity index is 3850. The fourth-order valence-corrected chi connectivity index (χ4v) is 10.5. The fourth-order valence-electron chi connectivity index (χ4n) is 10.5. The number of aromatic amines is 1. The lowest BCUT2D eigenvalue weighted by Gasteiger charge is -2.23. The van der Waals surface area contributed by atoms with Crippen LogP contribution in [0.25, 0.3) is 116 Å². The first-order valence-corrected chi connectivity index (χ1v) is 20.3. The minimum Gasteiger partial charge on any atom is -0.456 e. The summed E-state index contributed by atoms with van der Waals surface area (Å²) in [5, 5.41) is 10.9. The third-order valence-electron chi connectivity index (χ3n) is 12.9. The van der Waals surface area contributed by atoms with Crippen LogP contribution in [0, 0.1) is 12.1 Å². The van der Waals surface area contributed by atoms with E-state index in [-0.39, 0.29) is 6.04 Å². The number of furan rings is 1. The van der Waals surface area contributed by atoms with E-state index in [0.717, 1.165) is 67.2 Å². The number of hydrogen-bond acceptors (Lipinski definition) is 1. The van der Waals surface area contributed by atoms with Crippen molar-refractivity contribution in [1.82, 2.24) is 18.7 Å². The Morgan fingerprint density at radius 3 is 1.86 bits per heavy atom. The van der Waals surface area contributed by atoms with Crippen LogP contribution in [0.15, 0.2) is 168 Å². The van der Waals surface area contributed by atoms with Crippen LogP contribution in [-0.4, -0.2) is 18.7 Å². The van der Waals surface area contributed by atoms with Crippen molar-refractivity contribution in [3.63, 3.8) is 0 Å². The minimum absolute atomic E-state index is 0.111. The highest BCUT2D eigenvalue weighted by Gasteiger charge is 2.28. The highest BCUT2D eigenvalue weighted by Crippen LogP contribution is 2.45. The van der Waals surface area contributed by atoms with Gasteiger partial charge in [0.25, 0.3) is 0 Å². The van der Waals surface area contributed by atoms with Crippen LogP contribution in [0.2, 0.25) is 0 Å². The Hall–Kier alpha value is -7.94. The summed E-state index contributed by atoms with van der Waals surface area (Å²) in [6, 6.07) is 64.1. The molecular weight excluding hydrogens is 721 g/mol. The van der Waals surface area contributed by atoms with Gasteiger partial charge in [0.1, 0.15) is 11.2 Å². The number of hydrogen-bond donors (Lipinski definition) is 1. The summed E-state index contributed by atoms with van der Waals surface area (Å²) in [5.74, 6) is 0. The molecule has 5 aromatic heterocycles. The maximum absolute atomic E-state index is 6.30. The van der Waals surface area contributed by atoms with Gasteiger partial charge in [0.2, 0.25) is 0 Å².